The van der Waals surface area contributed by atoms with Crippen molar-refractivity contribution < 1.29 is 12.8 Å². The zero-order valence-corrected chi connectivity index (χ0v) is 12.0. The van der Waals surface area contributed by atoms with Gasteiger partial charge in [0, 0.05) is 6.26 Å². The van der Waals surface area contributed by atoms with Crippen molar-refractivity contribution in [3.8, 4) is 0 Å². The Labute approximate surface area is 120 Å². The predicted molar refractivity (Wildman–Crippen MR) is 72.3 cm³/mol. The van der Waals surface area contributed by atoms with Crippen molar-refractivity contribution in [2.45, 2.75) is 16.7 Å². The lowest BCUT2D eigenvalue weighted by Crippen LogP contribution is -2.52. The Morgan fingerprint density at radius 3 is 2.70 bits per heavy atom. The van der Waals surface area contributed by atoms with Crippen molar-refractivity contribution in [1.29, 1.82) is 0 Å². The zero-order chi connectivity index (χ0) is 15.1. The fourth-order valence-corrected chi connectivity index (χ4v) is 2.52. The number of rotatable bonds is 2. The van der Waals surface area contributed by atoms with Crippen LogP contribution in [-0.4, -0.2) is 30.7 Å². The van der Waals surface area contributed by atoms with Crippen LogP contribution in [0, 0.1) is 0 Å². The number of halogens is 2. The minimum Gasteiger partial charge on any atom is -0.322 e. The summed E-state index contributed by atoms with van der Waals surface area (Å²) in [6.45, 7) is 0. The molecule has 2 rings (SSSR count). The van der Waals surface area contributed by atoms with E-state index in [4.69, 9.17) is 23.1 Å². The second kappa shape index (κ2) is 4.88. The highest BCUT2D eigenvalue weighted by Gasteiger charge is 2.36. The highest BCUT2D eigenvalue weighted by Crippen LogP contribution is 2.29. The van der Waals surface area contributed by atoms with Gasteiger partial charge in [0.1, 0.15) is 11.0 Å². The molecular weight excluding hydrogens is 307 g/mol. The second-order valence-corrected chi connectivity index (χ2v) is 6.77. The van der Waals surface area contributed by atoms with E-state index in [2.05, 4.69) is 9.97 Å². The minimum atomic E-state index is -3.68. The average molecular weight is 319 g/mol. The number of allylic oxidation sites excluding steroid dienone is 2. The highest BCUT2D eigenvalue weighted by atomic mass is 35.5. The second-order valence-electron chi connectivity index (χ2n) is 4.48. The number of aromatic nitrogens is 2. The monoisotopic (exact) mass is 318 g/mol. The van der Waals surface area contributed by atoms with Crippen LogP contribution in [-0.2, 0) is 15.4 Å². The number of hydrogen-bond donors (Lipinski definition) is 2. The Balaban J connectivity index is 2.64. The molecule has 6 nitrogen and oxygen atoms in total. The van der Waals surface area contributed by atoms with E-state index in [1.54, 1.807) is 0 Å². The van der Waals surface area contributed by atoms with Gasteiger partial charge in [-0.05, 0) is 18.2 Å². The van der Waals surface area contributed by atoms with Crippen molar-refractivity contribution in [2.75, 3.05) is 6.26 Å². The molecule has 0 saturated carbocycles. The molecule has 108 valence electrons. The van der Waals surface area contributed by atoms with Crippen LogP contribution in [0.2, 0.25) is 5.15 Å². The first-order chi connectivity index (χ1) is 9.13. The fourth-order valence-electron chi connectivity index (χ4n) is 1.76. The maximum absolute atomic E-state index is 13.4. The third-order valence-electron chi connectivity index (χ3n) is 2.84. The van der Waals surface area contributed by atoms with E-state index in [1.807, 2.05) is 0 Å². The molecule has 1 aromatic heterocycles. The maximum atomic E-state index is 13.4. The summed E-state index contributed by atoms with van der Waals surface area (Å²) in [4.78, 5) is 7.46. The van der Waals surface area contributed by atoms with E-state index in [0.29, 0.717) is 0 Å². The van der Waals surface area contributed by atoms with Crippen molar-refractivity contribution >= 4 is 21.4 Å². The van der Waals surface area contributed by atoms with Gasteiger partial charge >= 0.3 is 0 Å². The Kier molecular flexibility index (Phi) is 3.67. The lowest BCUT2D eigenvalue weighted by atomic mass is 9.84. The Bertz CT molecular complexity index is 719. The molecule has 0 bridgehead atoms. The highest BCUT2D eigenvalue weighted by molar-refractivity contribution is 7.90. The number of hydrogen-bond acceptors (Lipinski definition) is 6. The van der Waals surface area contributed by atoms with Crippen molar-refractivity contribution in [3.05, 3.63) is 41.0 Å². The normalized spacial score (nSPS) is 26.4. The van der Waals surface area contributed by atoms with Gasteiger partial charge in [-0.1, -0.05) is 17.7 Å². The molecule has 0 fully saturated rings. The van der Waals surface area contributed by atoms with Gasteiger partial charge in [-0.15, -0.1) is 0 Å². The van der Waals surface area contributed by atoms with Crippen LogP contribution < -0.4 is 11.5 Å². The van der Waals surface area contributed by atoms with Gasteiger partial charge < -0.3 is 11.5 Å². The molecule has 2 atom stereocenters. The van der Waals surface area contributed by atoms with Crippen molar-refractivity contribution in [1.82, 2.24) is 9.97 Å². The third-order valence-corrected chi connectivity index (χ3v) is 3.88. The van der Waals surface area contributed by atoms with Crippen LogP contribution >= 0.6 is 11.6 Å². The van der Waals surface area contributed by atoms with E-state index < -0.39 is 32.4 Å². The van der Waals surface area contributed by atoms with Crippen LogP contribution in [0.5, 0.6) is 0 Å². The molecule has 1 aliphatic carbocycles. The van der Waals surface area contributed by atoms with E-state index in [9.17, 15) is 12.8 Å². The summed E-state index contributed by atoms with van der Waals surface area (Å²) in [6, 6.07) is 0.486. The average Bonchev–Trinajstić information content (AvgIpc) is 2.32. The summed E-state index contributed by atoms with van der Waals surface area (Å²) in [7, 11) is -3.68. The van der Waals surface area contributed by atoms with Gasteiger partial charge in [0.2, 0.25) is 15.0 Å². The molecule has 1 heterocycles. The van der Waals surface area contributed by atoms with E-state index in [0.717, 1.165) is 12.3 Å². The van der Waals surface area contributed by atoms with Crippen LogP contribution in [0.4, 0.5) is 4.39 Å². The largest absolute Gasteiger partial charge is 0.322 e. The van der Waals surface area contributed by atoms with Gasteiger partial charge in [-0.3, -0.25) is 0 Å². The summed E-state index contributed by atoms with van der Waals surface area (Å²) in [6.07, 6.45) is 4.55. The topological polar surface area (TPSA) is 112 Å². The quantitative estimate of drug-likeness (QED) is 0.604. The fraction of sp³-hybridized carbons (Fsp3) is 0.273. The van der Waals surface area contributed by atoms with E-state index >= 15 is 0 Å². The lowest BCUT2D eigenvalue weighted by Gasteiger charge is -2.32. The Morgan fingerprint density at radius 2 is 2.10 bits per heavy atom. The molecule has 1 aromatic rings. The van der Waals surface area contributed by atoms with Gasteiger partial charge in [0.05, 0.1) is 17.3 Å². The van der Waals surface area contributed by atoms with Gasteiger partial charge in [0.25, 0.3) is 0 Å². The molecule has 0 amide bonds. The first-order valence-corrected chi connectivity index (χ1v) is 7.76. The van der Waals surface area contributed by atoms with Gasteiger partial charge in [-0.25, -0.2) is 22.8 Å². The SMILES string of the molecule is CS(=O)(=O)c1nc(Cl)cc(C2(N)C=C(F)C=CC2N)n1. The maximum Gasteiger partial charge on any atom is 0.248 e. The number of nitrogens with two attached hydrogens (primary N) is 2. The summed E-state index contributed by atoms with van der Waals surface area (Å²) in [5.41, 5.74) is 10.4. The molecule has 0 aromatic carbocycles. The number of nitrogens with zero attached hydrogens (tertiary/aromatic N) is 2. The molecule has 0 aliphatic heterocycles. The molecule has 20 heavy (non-hydrogen) atoms. The minimum absolute atomic E-state index is 0.0323. The van der Waals surface area contributed by atoms with E-state index in [-0.39, 0.29) is 10.8 Å². The lowest BCUT2D eigenvalue weighted by molar-refractivity contribution is 0.453. The van der Waals surface area contributed by atoms with Crippen LogP contribution in [0.1, 0.15) is 5.69 Å². The van der Waals surface area contributed by atoms with Crippen LogP contribution in [0.15, 0.2) is 35.3 Å². The molecule has 4 N–H and O–H groups in total. The number of sulfone groups is 1. The summed E-state index contributed by atoms with van der Waals surface area (Å²) < 4.78 is 36.4. The van der Waals surface area contributed by atoms with Crippen molar-refractivity contribution in [2.24, 2.45) is 11.5 Å². The van der Waals surface area contributed by atoms with Crippen molar-refractivity contribution in [3.63, 3.8) is 0 Å². The molecule has 9 heteroatoms. The first kappa shape index (κ1) is 15.0. The van der Waals surface area contributed by atoms with Crippen LogP contribution in [0.3, 0.4) is 0 Å². The molecule has 1 aliphatic rings. The third kappa shape index (κ3) is 2.73. The van der Waals surface area contributed by atoms with Gasteiger partial charge in [-0.2, -0.15) is 0 Å². The summed E-state index contributed by atoms with van der Waals surface area (Å²) in [5, 5.41) is -0.601. The zero-order valence-electron chi connectivity index (χ0n) is 10.4. The molecular formula is C11H12ClFN4O2S. The molecule has 0 saturated heterocycles. The van der Waals surface area contributed by atoms with Crippen LogP contribution in [0.25, 0.3) is 0 Å². The Morgan fingerprint density at radius 1 is 1.45 bits per heavy atom. The smallest absolute Gasteiger partial charge is 0.248 e. The first-order valence-electron chi connectivity index (χ1n) is 5.49. The molecule has 0 spiro atoms. The molecule has 0 radical (unpaired) electrons. The molecule has 2 unspecified atom stereocenters. The summed E-state index contributed by atoms with van der Waals surface area (Å²) in [5.74, 6) is -0.593. The van der Waals surface area contributed by atoms with E-state index in [1.165, 1.54) is 18.2 Å². The predicted octanol–water partition coefficient (Wildman–Crippen LogP) is 0.438. The van der Waals surface area contributed by atoms with Gasteiger partial charge in [0.15, 0.2) is 0 Å². The standard InChI is InChI=1S/C11H12ClFN4O2S/c1-20(18,19)10-16-8(4-9(12)17-10)11(15)5-6(13)2-3-7(11)14/h2-5,7H,14-15H2,1H3. The summed E-state index contributed by atoms with van der Waals surface area (Å²) >= 11 is 5.78. The Hall–Kier alpha value is -1.35.